The van der Waals surface area contributed by atoms with Gasteiger partial charge in [0.25, 0.3) is 0 Å². The minimum Gasteiger partial charge on any atom is -0.393 e. The Morgan fingerprint density at radius 3 is 1.25 bits per heavy atom. The molecule has 1 aromatic rings. The molecule has 0 aliphatic carbocycles. The van der Waals surface area contributed by atoms with Gasteiger partial charge in [0, 0.05) is 28.4 Å². The summed E-state index contributed by atoms with van der Waals surface area (Å²) in [6.45, 7) is 0. The van der Waals surface area contributed by atoms with Gasteiger partial charge >= 0.3 is 18.6 Å². The Morgan fingerprint density at radius 2 is 1.00 bits per heavy atom. The lowest BCUT2D eigenvalue weighted by Crippen LogP contribution is -2.52. The third kappa shape index (κ3) is 3.00. The fraction of sp³-hybridized carbons (Fsp3) is 0.400. The quantitative estimate of drug-likeness (QED) is 0.653. The smallest absolute Gasteiger partial charge is 0.393 e. The summed E-state index contributed by atoms with van der Waals surface area (Å²) in [6, 6.07) is 7.93. The molecule has 0 aliphatic rings. The molecular weight excluding hydrogens is 240 g/mol. The van der Waals surface area contributed by atoms with Gasteiger partial charge in [-0.3, -0.25) is 0 Å². The van der Waals surface area contributed by atoms with E-state index < -0.39 is 18.6 Å². The third-order valence-corrected chi connectivity index (χ3v) is 5.59. The summed E-state index contributed by atoms with van der Waals surface area (Å²) >= 11 is 0. The number of hydrogen-bond acceptors (Lipinski definition) is 4. The van der Waals surface area contributed by atoms with Crippen LogP contribution in [0.5, 0.6) is 0 Å². The Bertz CT molecular complexity index is 282. The van der Waals surface area contributed by atoms with Crippen LogP contribution in [0.25, 0.3) is 0 Å². The van der Waals surface area contributed by atoms with Crippen LogP contribution in [0.4, 0.5) is 0 Å². The Hall–Kier alpha value is -0.506. The lowest BCUT2D eigenvalue weighted by atomic mass is 10.4. The highest BCUT2D eigenvalue weighted by atomic mass is 28.3. The average Bonchev–Trinajstić information content (AvgIpc) is 2.34. The molecule has 1 aromatic carbocycles. The first kappa shape index (κ1) is 13.6. The zero-order chi connectivity index (χ0) is 12.0. The van der Waals surface area contributed by atoms with Gasteiger partial charge in [0.2, 0.25) is 0 Å². The molecule has 0 atom stereocenters. The molecular formula is C10H16O4Si2. The average molecular weight is 256 g/mol. The topological polar surface area (TPSA) is 36.9 Å². The van der Waals surface area contributed by atoms with Crippen molar-refractivity contribution in [3.63, 3.8) is 0 Å². The fourth-order valence-corrected chi connectivity index (χ4v) is 4.34. The number of hydrogen-bond donors (Lipinski definition) is 0. The lowest BCUT2D eigenvalue weighted by molar-refractivity contribution is 0.287. The van der Waals surface area contributed by atoms with Crippen LogP contribution in [0, 0.1) is 0 Å². The van der Waals surface area contributed by atoms with Crippen molar-refractivity contribution < 1.29 is 17.7 Å². The Balaban J connectivity index is 3.07. The molecule has 0 aromatic heterocycles. The van der Waals surface area contributed by atoms with Crippen molar-refractivity contribution in [3.8, 4) is 0 Å². The third-order valence-electron chi connectivity index (χ3n) is 2.11. The van der Waals surface area contributed by atoms with E-state index in [1.807, 2.05) is 24.3 Å². The second kappa shape index (κ2) is 6.94. The highest BCUT2D eigenvalue weighted by Crippen LogP contribution is 1.93. The minimum absolute atomic E-state index is 1.05. The largest absolute Gasteiger partial charge is 0.423 e. The van der Waals surface area contributed by atoms with Crippen molar-refractivity contribution in [1.29, 1.82) is 0 Å². The van der Waals surface area contributed by atoms with Gasteiger partial charge in [0.1, 0.15) is 0 Å². The van der Waals surface area contributed by atoms with Gasteiger partial charge in [-0.05, 0) is 10.4 Å². The molecule has 0 saturated carbocycles. The van der Waals surface area contributed by atoms with Crippen LogP contribution in [0.1, 0.15) is 0 Å². The highest BCUT2D eigenvalue weighted by molar-refractivity contribution is 6.73. The predicted molar refractivity (Wildman–Crippen MR) is 65.3 cm³/mol. The van der Waals surface area contributed by atoms with Crippen molar-refractivity contribution >= 4 is 28.9 Å². The maximum atomic E-state index is 5.35. The highest BCUT2D eigenvalue weighted by Gasteiger charge is 2.26. The molecule has 0 fully saturated rings. The first-order valence-electron chi connectivity index (χ1n) is 4.78. The van der Waals surface area contributed by atoms with Crippen LogP contribution in [0.3, 0.4) is 0 Å². The van der Waals surface area contributed by atoms with Gasteiger partial charge in [-0.2, -0.15) is 0 Å². The zero-order valence-electron chi connectivity index (χ0n) is 9.94. The van der Waals surface area contributed by atoms with Gasteiger partial charge in [0.05, 0.1) is 0 Å². The van der Waals surface area contributed by atoms with Crippen molar-refractivity contribution in [3.05, 3.63) is 24.3 Å². The second-order valence-corrected chi connectivity index (χ2v) is 6.80. The molecule has 0 heterocycles. The lowest BCUT2D eigenvalue weighted by Gasteiger charge is -2.17. The Labute approximate surface area is 99.8 Å². The van der Waals surface area contributed by atoms with Gasteiger partial charge in [-0.15, -0.1) is 0 Å². The molecule has 4 nitrogen and oxygen atoms in total. The summed E-state index contributed by atoms with van der Waals surface area (Å²) in [4.78, 5) is 0. The van der Waals surface area contributed by atoms with Crippen molar-refractivity contribution in [2.45, 2.75) is 0 Å². The van der Waals surface area contributed by atoms with Crippen LogP contribution in [0.2, 0.25) is 0 Å². The first-order chi connectivity index (χ1) is 7.78. The standard InChI is InChI=1S/C10H16O4Si2/c1-11-15(12-2)9-7-5-6-8-10(9)16(13-3)14-4/h5-8H,1-4H3. The molecule has 6 heteroatoms. The van der Waals surface area contributed by atoms with E-state index in [0.717, 1.165) is 10.4 Å². The summed E-state index contributed by atoms with van der Waals surface area (Å²) in [6.07, 6.45) is 0. The molecule has 0 unspecified atom stereocenters. The predicted octanol–water partition coefficient (Wildman–Crippen LogP) is -0.337. The van der Waals surface area contributed by atoms with Crippen LogP contribution in [-0.4, -0.2) is 47.0 Å². The van der Waals surface area contributed by atoms with E-state index in [9.17, 15) is 0 Å². The van der Waals surface area contributed by atoms with E-state index in [4.69, 9.17) is 17.7 Å². The molecule has 88 valence electrons. The summed E-state index contributed by atoms with van der Waals surface area (Å²) in [5.41, 5.74) is 0. The maximum Gasteiger partial charge on any atom is 0.423 e. The summed E-state index contributed by atoms with van der Waals surface area (Å²) in [5.74, 6) is 0. The molecule has 0 bridgehead atoms. The van der Waals surface area contributed by atoms with E-state index in [0.29, 0.717) is 0 Å². The van der Waals surface area contributed by atoms with Gasteiger partial charge < -0.3 is 17.7 Å². The van der Waals surface area contributed by atoms with E-state index in [1.165, 1.54) is 0 Å². The normalized spacial score (nSPS) is 11.4. The molecule has 0 amide bonds. The summed E-state index contributed by atoms with van der Waals surface area (Å²) in [7, 11) is 3.75. The molecule has 0 saturated heterocycles. The van der Waals surface area contributed by atoms with E-state index in [1.54, 1.807) is 28.4 Å². The maximum absolute atomic E-state index is 5.35. The molecule has 0 aliphatic heterocycles. The van der Waals surface area contributed by atoms with Crippen LogP contribution < -0.4 is 10.4 Å². The fourth-order valence-electron chi connectivity index (χ4n) is 1.45. The summed E-state index contributed by atoms with van der Waals surface area (Å²) in [5, 5.41) is 2.10. The van der Waals surface area contributed by atoms with E-state index in [-0.39, 0.29) is 0 Å². The minimum atomic E-state index is -1.43. The molecule has 1 rings (SSSR count). The van der Waals surface area contributed by atoms with Gasteiger partial charge in [-0.1, -0.05) is 24.3 Å². The van der Waals surface area contributed by atoms with E-state index in [2.05, 4.69) is 0 Å². The monoisotopic (exact) mass is 256 g/mol. The second-order valence-electron chi connectivity index (χ2n) is 2.94. The first-order valence-corrected chi connectivity index (χ1v) is 7.41. The van der Waals surface area contributed by atoms with Crippen molar-refractivity contribution in [1.82, 2.24) is 0 Å². The van der Waals surface area contributed by atoms with Crippen LogP contribution >= 0.6 is 0 Å². The number of benzene rings is 1. The SMILES string of the molecule is CO[Si](OC)c1ccccc1[Si](OC)OC. The molecule has 0 N–H and O–H groups in total. The van der Waals surface area contributed by atoms with E-state index >= 15 is 0 Å². The Morgan fingerprint density at radius 1 is 0.688 bits per heavy atom. The van der Waals surface area contributed by atoms with Gasteiger partial charge in [0.15, 0.2) is 0 Å². The molecule has 0 spiro atoms. The Kier molecular flexibility index (Phi) is 5.88. The van der Waals surface area contributed by atoms with Crippen LogP contribution in [-0.2, 0) is 17.7 Å². The zero-order valence-corrected chi connectivity index (χ0v) is 11.9. The molecule has 16 heavy (non-hydrogen) atoms. The molecule has 2 radical (unpaired) electrons. The van der Waals surface area contributed by atoms with Crippen molar-refractivity contribution in [2.24, 2.45) is 0 Å². The van der Waals surface area contributed by atoms with Crippen LogP contribution in [0.15, 0.2) is 24.3 Å². The van der Waals surface area contributed by atoms with Gasteiger partial charge in [-0.25, -0.2) is 0 Å². The summed E-state index contributed by atoms with van der Waals surface area (Å²) < 4.78 is 21.4. The number of rotatable bonds is 6. The van der Waals surface area contributed by atoms with Crippen molar-refractivity contribution in [2.75, 3.05) is 28.4 Å².